The zero-order chi connectivity index (χ0) is 13.7. The molecule has 1 nitrogen and oxygen atoms in total. The monoisotopic (exact) mass is 259 g/mol. The summed E-state index contributed by atoms with van der Waals surface area (Å²) in [5.41, 5.74) is 3.06. The van der Waals surface area contributed by atoms with Crippen LogP contribution >= 0.6 is 0 Å². The van der Waals surface area contributed by atoms with E-state index in [-0.39, 0.29) is 0 Å². The van der Waals surface area contributed by atoms with Gasteiger partial charge in [0.1, 0.15) is 0 Å². The molecule has 1 aromatic rings. The molecule has 2 atom stereocenters. The van der Waals surface area contributed by atoms with E-state index in [0.717, 1.165) is 18.3 Å². The average Bonchev–Trinajstić information content (AvgIpc) is 2.45. The van der Waals surface area contributed by atoms with E-state index in [1.165, 1.54) is 37.8 Å². The number of hydrogen-bond acceptors (Lipinski definition) is 1. The van der Waals surface area contributed by atoms with Crippen molar-refractivity contribution in [3.8, 4) is 0 Å². The van der Waals surface area contributed by atoms with Gasteiger partial charge >= 0.3 is 0 Å². The lowest BCUT2D eigenvalue weighted by Crippen LogP contribution is -2.33. The molecule has 0 spiro atoms. The summed E-state index contributed by atoms with van der Waals surface area (Å²) in [4.78, 5) is 0. The van der Waals surface area contributed by atoms with E-state index in [2.05, 4.69) is 50.4 Å². The zero-order valence-electron chi connectivity index (χ0n) is 12.8. The molecule has 0 aliphatic heterocycles. The van der Waals surface area contributed by atoms with E-state index >= 15 is 0 Å². The normalized spacial score (nSPS) is 23.8. The number of nitrogens with one attached hydrogen (secondary N) is 1. The fourth-order valence-corrected chi connectivity index (χ4v) is 3.32. The van der Waals surface area contributed by atoms with Crippen molar-refractivity contribution in [3.05, 3.63) is 35.4 Å². The van der Waals surface area contributed by atoms with Crippen LogP contribution in [0.5, 0.6) is 0 Å². The van der Waals surface area contributed by atoms with Crippen LogP contribution in [0, 0.1) is 5.92 Å². The first-order valence-electron chi connectivity index (χ1n) is 8.03. The summed E-state index contributed by atoms with van der Waals surface area (Å²) in [5.74, 6) is 1.59. The molecule has 2 unspecified atom stereocenters. The van der Waals surface area contributed by atoms with Crippen LogP contribution in [0.1, 0.15) is 63.5 Å². The van der Waals surface area contributed by atoms with E-state index in [4.69, 9.17) is 0 Å². The number of hydrogen-bond donors (Lipinski definition) is 1. The predicted octanol–water partition coefficient (Wildman–Crippen LogP) is 4.52. The molecule has 0 amide bonds. The van der Waals surface area contributed by atoms with Crippen LogP contribution < -0.4 is 5.32 Å². The van der Waals surface area contributed by atoms with Gasteiger partial charge in [-0.2, -0.15) is 0 Å². The Morgan fingerprint density at radius 2 is 2.00 bits per heavy atom. The highest BCUT2D eigenvalue weighted by molar-refractivity contribution is 5.27. The third-order valence-electron chi connectivity index (χ3n) is 4.48. The second kappa shape index (κ2) is 7.09. The van der Waals surface area contributed by atoms with Crippen LogP contribution in [0.2, 0.25) is 0 Å². The van der Waals surface area contributed by atoms with E-state index in [1.54, 1.807) is 5.56 Å². The summed E-state index contributed by atoms with van der Waals surface area (Å²) < 4.78 is 0. The summed E-state index contributed by atoms with van der Waals surface area (Å²) in [6, 6.07) is 9.89. The van der Waals surface area contributed by atoms with Gasteiger partial charge in [0.05, 0.1) is 0 Å². The van der Waals surface area contributed by atoms with Gasteiger partial charge in [0, 0.05) is 6.04 Å². The highest BCUT2D eigenvalue weighted by Gasteiger charge is 2.26. The molecule has 0 radical (unpaired) electrons. The molecule has 1 aromatic carbocycles. The maximum atomic E-state index is 3.64. The third-order valence-corrected chi connectivity index (χ3v) is 4.48. The van der Waals surface area contributed by atoms with Crippen molar-refractivity contribution >= 4 is 0 Å². The molecule has 0 aromatic heterocycles. The highest BCUT2D eigenvalue weighted by Crippen LogP contribution is 2.37. The fraction of sp³-hybridized carbons (Fsp3) is 0.667. The third kappa shape index (κ3) is 4.07. The quantitative estimate of drug-likeness (QED) is 0.819. The van der Waals surface area contributed by atoms with E-state index in [9.17, 15) is 0 Å². The van der Waals surface area contributed by atoms with Crippen molar-refractivity contribution in [1.82, 2.24) is 5.32 Å². The van der Waals surface area contributed by atoms with Crippen LogP contribution in [0.25, 0.3) is 0 Å². The molecule has 1 saturated carbocycles. The Balaban J connectivity index is 2.09. The van der Waals surface area contributed by atoms with Crippen LogP contribution in [-0.4, -0.2) is 12.6 Å². The summed E-state index contributed by atoms with van der Waals surface area (Å²) in [6.45, 7) is 7.92. The van der Waals surface area contributed by atoms with Crippen molar-refractivity contribution in [1.29, 1.82) is 0 Å². The number of rotatable bonds is 5. The Labute approximate surface area is 118 Å². The van der Waals surface area contributed by atoms with Gasteiger partial charge in [-0.25, -0.2) is 0 Å². The van der Waals surface area contributed by atoms with Gasteiger partial charge in [0.15, 0.2) is 0 Å². The molecule has 2 rings (SSSR count). The Bertz CT molecular complexity index is 383. The maximum absolute atomic E-state index is 3.64. The molecule has 106 valence electrons. The first-order chi connectivity index (χ1) is 9.20. The number of benzene rings is 1. The van der Waals surface area contributed by atoms with E-state index < -0.39 is 0 Å². The summed E-state index contributed by atoms with van der Waals surface area (Å²) in [6.07, 6.45) is 6.72. The maximum Gasteiger partial charge on any atom is 0.00104 e. The number of aryl methyl sites for hydroxylation is 1. The molecule has 0 bridgehead atoms. The largest absolute Gasteiger partial charge is 0.314 e. The first-order valence-corrected chi connectivity index (χ1v) is 8.03. The Morgan fingerprint density at radius 3 is 2.74 bits per heavy atom. The lowest BCUT2D eigenvalue weighted by molar-refractivity contribution is 0.289. The van der Waals surface area contributed by atoms with Crippen LogP contribution in [0.15, 0.2) is 24.3 Å². The van der Waals surface area contributed by atoms with E-state index in [1.807, 2.05) is 0 Å². The van der Waals surface area contributed by atoms with Gasteiger partial charge in [-0.3, -0.25) is 0 Å². The molecular formula is C18H29N. The van der Waals surface area contributed by atoms with Gasteiger partial charge in [-0.15, -0.1) is 0 Å². The van der Waals surface area contributed by atoms with Crippen LogP contribution in [0.3, 0.4) is 0 Å². The molecule has 1 heteroatoms. The molecule has 1 aliphatic rings. The predicted molar refractivity (Wildman–Crippen MR) is 83.7 cm³/mol. The smallest absolute Gasteiger partial charge is 0.00104 e. The fourth-order valence-electron chi connectivity index (χ4n) is 3.32. The lowest BCUT2D eigenvalue weighted by atomic mass is 9.75. The molecule has 0 heterocycles. The van der Waals surface area contributed by atoms with Crippen molar-refractivity contribution in [3.63, 3.8) is 0 Å². The Hall–Kier alpha value is -0.820. The Kier molecular flexibility index (Phi) is 5.45. The van der Waals surface area contributed by atoms with Gasteiger partial charge in [-0.05, 0) is 48.8 Å². The van der Waals surface area contributed by atoms with Gasteiger partial charge in [0.25, 0.3) is 0 Å². The Morgan fingerprint density at radius 1 is 1.21 bits per heavy atom. The first kappa shape index (κ1) is 14.6. The minimum Gasteiger partial charge on any atom is -0.314 e. The minimum atomic E-state index is 0.601. The van der Waals surface area contributed by atoms with Crippen LogP contribution in [0.4, 0.5) is 0 Å². The molecule has 1 N–H and O–H groups in total. The van der Waals surface area contributed by atoms with Crippen LogP contribution in [-0.2, 0) is 6.42 Å². The lowest BCUT2D eigenvalue weighted by Gasteiger charge is -2.33. The molecular weight excluding hydrogens is 230 g/mol. The molecule has 0 saturated heterocycles. The topological polar surface area (TPSA) is 12.0 Å². The van der Waals surface area contributed by atoms with Gasteiger partial charge < -0.3 is 5.32 Å². The van der Waals surface area contributed by atoms with Gasteiger partial charge in [-0.1, -0.05) is 57.9 Å². The second-order valence-electron chi connectivity index (χ2n) is 6.31. The molecule has 19 heavy (non-hydrogen) atoms. The average molecular weight is 259 g/mol. The molecule has 1 aliphatic carbocycles. The van der Waals surface area contributed by atoms with Crippen molar-refractivity contribution in [2.75, 3.05) is 6.54 Å². The SMILES string of the molecule is CCc1cccc(C2CCCCC2CNC(C)C)c1. The second-order valence-corrected chi connectivity index (χ2v) is 6.31. The van der Waals surface area contributed by atoms with Crippen molar-refractivity contribution < 1.29 is 0 Å². The summed E-state index contributed by atoms with van der Waals surface area (Å²) in [7, 11) is 0. The minimum absolute atomic E-state index is 0.601. The summed E-state index contributed by atoms with van der Waals surface area (Å²) in [5, 5.41) is 3.64. The van der Waals surface area contributed by atoms with E-state index in [0.29, 0.717) is 6.04 Å². The van der Waals surface area contributed by atoms with Crippen molar-refractivity contribution in [2.24, 2.45) is 5.92 Å². The highest BCUT2D eigenvalue weighted by atomic mass is 14.9. The summed E-state index contributed by atoms with van der Waals surface area (Å²) >= 11 is 0. The van der Waals surface area contributed by atoms with Gasteiger partial charge in [0.2, 0.25) is 0 Å². The standard InChI is InChI=1S/C18H29N/c1-4-15-8-7-10-16(12-15)18-11-6-5-9-17(18)13-19-14(2)3/h7-8,10,12,14,17-19H,4-6,9,11,13H2,1-3H3. The molecule has 1 fully saturated rings. The zero-order valence-corrected chi connectivity index (χ0v) is 12.8. The van der Waals surface area contributed by atoms with Crippen molar-refractivity contribution in [2.45, 2.75) is 64.8 Å².